The second kappa shape index (κ2) is 3.83. The fourth-order valence-corrected chi connectivity index (χ4v) is 3.51. The highest BCUT2D eigenvalue weighted by Crippen LogP contribution is 2.52. The van der Waals surface area contributed by atoms with Crippen molar-refractivity contribution in [2.45, 2.75) is 72.0 Å². The second-order valence-electron chi connectivity index (χ2n) is 6.38. The normalized spacial score (nSPS) is 42.9. The van der Waals surface area contributed by atoms with Gasteiger partial charge < -0.3 is 4.74 Å². The summed E-state index contributed by atoms with van der Waals surface area (Å²) in [5.74, 6) is 0.381. The summed E-state index contributed by atoms with van der Waals surface area (Å²) in [6.45, 7) is 8.60. The first-order chi connectivity index (χ1) is 7.40. The number of carbonyl (C=O) groups excluding carboxylic acids is 1. The Bertz CT molecular complexity index is 295. The Balaban J connectivity index is 2.26. The molecular weight excluding hydrogens is 200 g/mol. The van der Waals surface area contributed by atoms with Gasteiger partial charge in [-0.25, -0.2) is 0 Å². The van der Waals surface area contributed by atoms with E-state index >= 15 is 0 Å². The van der Waals surface area contributed by atoms with Crippen molar-refractivity contribution in [3.63, 3.8) is 0 Å². The summed E-state index contributed by atoms with van der Waals surface area (Å²) < 4.78 is 6.21. The molecule has 92 valence electrons. The smallest absolute Gasteiger partial charge is 0.141 e. The zero-order chi connectivity index (χ0) is 12.0. The van der Waals surface area contributed by atoms with Gasteiger partial charge in [-0.15, -0.1) is 0 Å². The first-order valence-electron chi connectivity index (χ1n) is 6.59. The van der Waals surface area contributed by atoms with Gasteiger partial charge in [-0.05, 0) is 31.1 Å². The van der Waals surface area contributed by atoms with E-state index in [1.807, 2.05) is 0 Å². The number of fused-ring (bicyclic) bond motifs is 1. The standard InChI is InChI=1S/C14H24O2/c1-5-10-6-8-14(4)9-7-11(15)13(2,3)12(14)16-10/h10,12H,5-9H2,1-4H3/t10-,12-,14-/m0/s1. The Labute approximate surface area is 98.7 Å². The van der Waals surface area contributed by atoms with Gasteiger partial charge in [-0.1, -0.05) is 27.7 Å². The van der Waals surface area contributed by atoms with Crippen molar-refractivity contribution >= 4 is 5.78 Å². The Morgan fingerprint density at radius 1 is 1.31 bits per heavy atom. The number of ketones is 1. The summed E-state index contributed by atoms with van der Waals surface area (Å²) in [6, 6.07) is 0. The lowest BCUT2D eigenvalue weighted by Crippen LogP contribution is -2.56. The minimum atomic E-state index is -0.291. The van der Waals surface area contributed by atoms with Crippen LogP contribution in [0.3, 0.4) is 0 Å². The number of carbonyl (C=O) groups is 1. The van der Waals surface area contributed by atoms with E-state index in [0.29, 0.717) is 11.9 Å². The lowest BCUT2D eigenvalue weighted by Gasteiger charge is -2.53. The van der Waals surface area contributed by atoms with Crippen molar-refractivity contribution in [1.82, 2.24) is 0 Å². The molecule has 2 rings (SSSR count). The highest BCUT2D eigenvalue weighted by atomic mass is 16.5. The van der Waals surface area contributed by atoms with Gasteiger partial charge in [-0.3, -0.25) is 4.79 Å². The third-order valence-corrected chi connectivity index (χ3v) is 4.75. The molecule has 0 spiro atoms. The van der Waals surface area contributed by atoms with Gasteiger partial charge in [0.25, 0.3) is 0 Å². The van der Waals surface area contributed by atoms with Crippen LogP contribution in [0.4, 0.5) is 0 Å². The average molecular weight is 224 g/mol. The van der Waals surface area contributed by atoms with E-state index in [0.717, 1.165) is 25.7 Å². The number of hydrogen-bond acceptors (Lipinski definition) is 2. The van der Waals surface area contributed by atoms with Crippen LogP contribution in [0.1, 0.15) is 59.8 Å². The number of Topliss-reactive ketones (excluding diaryl/α,β-unsaturated/α-hetero) is 1. The predicted molar refractivity (Wildman–Crippen MR) is 64.3 cm³/mol. The highest BCUT2D eigenvalue weighted by molar-refractivity contribution is 5.85. The van der Waals surface area contributed by atoms with Gasteiger partial charge in [0.2, 0.25) is 0 Å². The fraction of sp³-hybridized carbons (Fsp3) is 0.929. The van der Waals surface area contributed by atoms with Gasteiger partial charge in [-0.2, -0.15) is 0 Å². The molecule has 1 aliphatic heterocycles. The minimum absolute atomic E-state index is 0.125. The Kier molecular flexibility index (Phi) is 2.90. The average Bonchev–Trinajstić information content (AvgIpc) is 2.25. The summed E-state index contributed by atoms with van der Waals surface area (Å²) >= 11 is 0. The zero-order valence-corrected chi connectivity index (χ0v) is 11.0. The largest absolute Gasteiger partial charge is 0.373 e. The van der Waals surface area contributed by atoms with Crippen LogP contribution in [0.15, 0.2) is 0 Å². The first-order valence-corrected chi connectivity index (χ1v) is 6.59. The van der Waals surface area contributed by atoms with Crippen LogP contribution in [0, 0.1) is 10.8 Å². The molecule has 2 fully saturated rings. The molecule has 2 heteroatoms. The molecule has 0 radical (unpaired) electrons. The molecule has 3 atom stereocenters. The molecule has 1 saturated heterocycles. The van der Waals surface area contributed by atoms with E-state index in [-0.39, 0.29) is 16.9 Å². The van der Waals surface area contributed by atoms with E-state index in [1.165, 1.54) is 6.42 Å². The van der Waals surface area contributed by atoms with Gasteiger partial charge in [0.1, 0.15) is 5.78 Å². The monoisotopic (exact) mass is 224 g/mol. The predicted octanol–water partition coefficient (Wildman–Crippen LogP) is 3.34. The molecule has 2 aliphatic rings. The lowest BCUT2D eigenvalue weighted by molar-refractivity contribution is -0.193. The minimum Gasteiger partial charge on any atom is -0.373 e. The molecule has 16 heavy (non-hydrogen) atoms. The molecule has 0 aromatic rings. The molecule has 0 aromatic heterocycles. The van der Waals surface area contributed by atoms with Crippen molar-refractivity contribution in [2.24, 2.45) is 10.8 Å². The van der Waals surface area contributed by atoms with Crippen LogP contribution in [0.25, 0.3) is 0 Å². The van der Waals surface area contributed by atoms with Gasteiger partial charge in [0.15, 0.2) is 0 Å². The summed E-state index contributed by atoms with van der Waals surface area (Å²) in [6.07, 6.45) is 5.68. The van der Waals surface area contributed by atoms with Crippen LogP contribution < -0.4 is 0 Å². The van der Waals surface area contributed by atoms with Crippen molar-refractivity contribution in [3.05, 3.63) is 0 Å². The van der Waals surface area contributed by atoms with E-state index in [9.17, 15) is 4.79 Å². The molecule has 0 unspecified atom stereocenters. The van der Waals surface area contributed by atoms with E-state index in [2.05, 4.69) is 27.7 Å². The second-order valence-corrected chi connectivity index (χ2v) is 6.38. The molecule has 0 bridgehead atoms. The lowest BCUT2D eigenvalue weighted by atomic mass is 9.58. The van der Waals surface area contributed by atoms with Crippen LogP contribution in [0.2, 0.25) is 0 Å². The van der Waals surface area contributed by atoms with Crippen LogP contribution in [0.5, 0.6) is 0 Å². The summed E-state index contributed by atoms with van der Waals surface area (Å²) in [7, 11) is 0. The highest BCUT2D eigenvalue weighted by Gasteiger charge is 2.54. The molecule has 0 aromatic carbocycles. The van der Waals surface area contributed by atoms with E-state index in [4.69, 9.17) is 4.74 Å². The molecule has 0 N–H and O–H groups in total. The SMILES string of the molecule is CC[C@H]1CC[C@@]2(C)CCC(=O)C(C)(C)[C@@H]2O1. The maximum atomic E-state index is 12.0. The first kappa shape index (κ1) is 12.1. The molecule has 1 aliphatic carbocycles. The Morgan fingerprint density at radius 2 is 2.00 bits per heavy atom. The fourth-order valence-electron chi connectivity index (χ4n) is 3.51. The summed E-state index contributed by atoms with van der Waals surface area (Å²) in [4.78, 5) is 12.0. The molecule has 1 saturated carbocycles. The van der Waals surface area contributed by atoms with Gasteiger partial charge in [0.05, 0.1) is 17.6 Å². The quantitative estimate of drug-likeness (QED) is 0.683. The summed E-state index contributed by atoms with van der Waals surface area (Å²) in [5, 5.41) is 0. The Morgan fingerprint density at radius 3 is 2.62 bits per heavy atom. The number of hydrogen-bond donors (Lipinski definition) is 0. The third-order valence-electron chi connectivity index (χ3n) is 4.75. The topological polar surface area (TPSA) is 26.3 Å². The zero-order valence-electron chi connectivity index (χ0n) is 11.0. The number of ether oxygens (including phenoxy) is 1. The summed E-state index contributed by atoms with van der Waals surface area (Å²) in [5.41, 5.74) is -0.0656. The van der Waals surface area contributed by atoms with Crippen molar-refractivity contribution in [2.75, 3.05) is 0 Å². The van der Waals surface area contributed by atoms with Gasteiger partial charge >= 0.3 is 0 Å². The maximum Gasteiger partial charge on any atom is 0.141 e. The molecule has 2 nitrogen and oxygen atoms in total. The Hall–Kier alpha value is -0.370. The van der Waals surface area contributed by atoms with E-state index in [1.54, 1.807) is 0 Å². The van der Waals surface area contributed by atoms with Gasteiger partial charge in [0, 0.05) is 6.42 Å². The van der Waals surface area contributed by atoms with Crippen LogP contribution in [-0.4, -0.2) is 18.0 Å². The molecular formula is C14H24O2. The number of rotatable bonds is 1. The van der Waals surface area contributed by atoms with E-state index < -0.39 is 0 Å². The third kappa shape index (κ3) is 1.71. The molecule has 0 amide bonds. The van der Waals surface area contributed by atoms with Crippen LogP contribution in [-0.2, 0) is 9.53 Å². The maximum absolute atomic E-state index is 12.0. The van der Waals surface area contributed by atoms with Crippen molar-refractivity contribution < 1.29 is 9.53 Å². The van der Waals surface area contributed by atoms with Crippen LogP contribution >= 0.6 is 0 Å². The van der Waals surface area contributed by atoms with Crippen molar-refractivity contribution in [1.29, 1.82) is 0 Å². The molecule has 1 heterocycles. The van der Waals surface area contributed by atoms with Crippen molar-refractivity contribution in [3.8, 4) is 0 Å².